The highest BCUT2D eigenvalue weighted by Gasteiger charge is 2.23. The van der Waals surface area contributed by atoms with Crippen molar-refractivity contribution in [1.29, 1.82) is 0 Å². The number of rotatable bonds is 7. The normalized spacial score (nSPS) is 17.8. The maximum atomic E-state index is 5.79. The zero-order valence-corrected chi connectivity index (χ0v) is 9.52. The van der Waals surface area contributed by atoms with E-state index in [4.69, 9.17) is 11.6 Å². The van der Waals surface area contributed by atoms with Crippen molar-refractivity contribution in [2.75, 3.05) is 19.0 Å². The van der Waals surface area contributed by atoms with Crippen molar-refractivity contribution in [3.63, 3.8) is 0 Å². The molecular weight excluding hydrogens is 182 g/mol. The average Bonchev–Trinajstić information content (AvgIpc) is 2.02. The summed E-state index contributed by atoms with van der Waals surface area (Å²) in [7, 11) is 0. The Morgan fingerprint density at radius 1 is 1.23 bits per heavy atom. The molecule has 1 fully saturated rings. The van der Waals surface area contributed by atoms with Crippen LogP contribution in [-0.4, -0.2) is 29.9 Å². The molecular formula is C11H22ClN. The molecule has 0 aromatic heterocycles. The van der Waals surface area contributed by atoms with Crippen LogP contribution < -0.4 is 0 Å². The lowest BCUT2D eigenvalue weighted by molar-refractivity contribution is 0.132. The Labute approximate surface area is 87.4 Å². The first-order valence-corrected chi connectivity index (χ1v) is 6.22. The molecule has 78 valence electrons. The first kappa shape index (κ1) is 11.3. The number of hydrogen-bond donors (Lipinski definition) is 0. The van der Waals surface area contributed by atoms with Crippen LogP contribution in [0.2, 0.25) is 0 Å². The lowest BCUT2D eigenvalue weighted by Gasteiger charge is -2.37. The standard InChI is InChI=1S/C11H22ClN/c1-2-3-4-9-13(10-8-12)11-6-5-7-11/h11H,2-10H2,1H3. The van der Waals surface area contributed by atoms with Crippen molar-refractivity contribution in [3.05, 3.63) is 0 Å². The second-order valence-electron chi connectivity index (χ2n) is 4.02. The molecule has 1 aliphatic rings. The number of nitrogens with zero attached hydrogens (tertiary/aromatic N) is 1. The number of hydrogen-bond acceptors (Lipinski definition) is 1. The molecule has 0 atom stereocenters. The molecule has 1 nitrogen and oxygen atoms in total. The lowest BCUT2D eigenvalue weighted by atomic mass is 9.91. The zero-order chi connectivity index (χ0) is 9.52. The molecule has 0 aromatic carbocycles. The van der Waals surface area contributed by atoms with Crippen LogP contribution in [0.15, 0.2) is 0 Å². The fourth-order valence-corrected chi connectivity index (χ4v) is 2.12. The van der Waals surface area contributed by atoms with Crippen LogP contribution in [0.4, 0.5) is 0 Å². The molecule has 13 heavy (non-hydrogen) atoms. The van der Waals surface area contributed by atoms with E-state index >= 15 is 0 Å². The lowest BCUT2D eigenvalue weighted by Crippen LogP contribution is -2.41. The topological polar surface area (TPSA) is 3.24 Å². The molecule has 0 aromatic rings. The molecule has 2 heteroatoms. The van der Waals surface area contributed by atoms with Gasteiger partial charge in [0.25, 0.3) is 0 Å². The number of alkyl halides is 1. The molecule has 0 amide bonds. The van der Waals surface area contributed by atoms with E-state index in [0.717, 1.165) is 18.5 Å². The summed E-state index contributed by atoms with van der Waals surface area (Å²) >= 11 is 5.79. The Hall–Kier alpha value is 0.250. The average molecular weight is 204 g/mol. The van der Waals surface area contributed by atoms with E-state index in [1.54, 1.807) is 0 Å². The molecule has 0 aliphatic heterocycles. The van der Waals surface area contributed by atoms with Gasteiger partial charge in [0, 0.05) is 18.5 Å². The van der Waals surface area contributed by atoms with Crippen molar-refractivity contribution in [2.45, 2.75) is 51.5 Å². The van der Waals surface area contributed by atoms with Crippen LogP contribution in [0.1, 0.15) is 45.4 Å². The maximum absolute atomic E-state index is 5.79. The van der Waals surface area contributed by atoms with Gasteiger partial charge >= 0.3 is 0 Å². The van der Waals surface area contributed by atoms with E-state index in [0.29, 0.717) is 0 Å². The zero-order valence-electron chi connectivity index (χ0n) is 8.77. The van der Waals surface area contributed by atoms with Crippen LogP contribution in [0.3, 0.4) is 0 Å². The Balaban J connectivity index is 2.12. The largest absolute Gasteiger partial charge is 0.299 e. The first-order chi connectivity index (χ1) is 6.38. The highest BCUT2D eigenvalue weighted by molar-refractivity contribution is 6.18. The molecule has 0 saturated heterocycles. The van der Waals surface area contributed by atoms with E-state index in [2.05, 4.69) is 11.8 Å². The van der Waals surface area contributed by atoms with Crippen LogP contribution in [0.5, 0.6) is 0 Å². The van der Waals surface area contributed by atoms with Gasteiger partial charge in [-0.05, 0) is 25.8 Å². The second kappa shape index (κ2) is 6.67. The van der Waals surface area contributed by atoms with E-state index < -0.39 is 0 Å². The van der Waals surface area contributed by atoms with E-state index in [9.17, 15) is 0 Å². The molecule has 0 unspecified atom stereocenters. The summed E-state index contributed by atoms with van der Waals surface area (Å²) in [5.74, 6) is 0.794. The molecule has 1 rings (SSSR count). The van der Waals surface area contributed by atoms with Gasteiger partial charge in [-0.15, -0.1) is 11.6 Å². The number of halogens is 1. The summed E-state index contributed by atoms with van der Waals surface area (Å²) in [6.07, 6.45) is 8.28. The maximum Gasteiger partial charge on any atom is 0.0351 e. The minimum Gasteiger partial charge on any atom is -0.299 e. The van der Waals surface area contributed by atoms with Crippen LogP contribution in [0.25, 0.3) is 0 Å². The molecule has 0 heterocycles. The van der Waals surface area contributed by atoms with Gasteiger partial charge in [-0.1, -0.05) is 26.2 Å². The predicted octanol–water partition coefficient (Wildman–Crippen LogP) is 3.27. The van der Waals surface area contributed by atoms with E-state index in [-0.39, 0.29) is 0 Å². The van der Waals surface area contributed by atoms with Gasteiger partial charge in [0.1, 0.15) is 0 Å². The van der Waals surface area contributed by atoms with Crippen molar-refractivity contribution < 1.29 is 0 Å². The fourth-order valence-electron chi connectivity index (χ4n) is 1.90. The smallest absolute Gasteiger partial charge is 0.0351 e. The minimum atomic E-state index is 0.794. The monoisotopic (exact) mass is 203 g/mol. The van der Waals surface area contributed by atoms with Crippen molar-refractivity contribution in [1.82, 2.24) is 4.90 Å². The Morgan fingerprint density at radius 2 is 2.00 bits per heavy atom. The Bertz CT molecular complexity index is 123. The summed E-state index contributed by atoms with van der Waals surface area (Å²) < 4.78 is 0. The van der Waals surface area contributed by atoms with Crippen molar-refractivity contribution in [2.24, 2.45) is 0 Å². The van der Waals surface area contributed by atoms with Gasteiger partial charge in [-0.3, -0.25) is 4.90 Å². The highest BCUT2D eigenvalue weighted by Crippen LogP contribution is 2.24. The van der Waals surface area contributed by atoms with Crippen molar-refractivity contribution >= 4 is 11.6 Å². The summed E-state index contributed by atoms with van der Waals surface area (Å²) in [4.78, 5) is 2.59. The molecule has 1 saturated carbocycles. The van der Waals surface area contributed by atoms with Crippen LogP contribution in [0, 0.1) is 0 Å². The Morgan fingerprint density at radius 3 is 2.46 bits per heavy atom. The third-order valence-electron chi connectivity index (χ3n) is 3.01. The molecule has 1 aliphatic carbocycles. The third-order valence-corrected chi connectivity index (χ3v) is 3.18. The van der Waals surface area contributed by atoms with Gasteiger partial charge < -0.3 is 0 Å². The number of unbranched alkanes of at least 4 members (excludes halogenated alkanes) is 2. The fraction of sp³-hybridized carbons (Fsp3) is 1.00. The third kappa shape index (κ3) is 3.86. The first-order valence-electron chi connectivity index (χ1n) is 5.68. The Kier molecular flexibility index (Phi) is 5.81. The molecule has 0 spiro atoms. The predicted molar refractivity (Wildman–Crippen MR) is 59.5 cm³/mol. The summed E-state index contributed by atoms with van der Waals surface area (Å²) in [6.45, 7) is 4.62. The van der Waals surface area contributed by atoms with Gasteiger partial charge in [0.2, 0.25) is 0 Å². The summed E-state index contributed by atoms with van der Waals surface area (Å²) in [5, 5.41) is 0. The second-order valence-corrected chi connectivity index (χ2v) is 4.39. The van der Waals surface area contributed by atoms with Crippen LogP contribution >= 0.6 is 11.6 Å². The quantitative estimate of drug-likeness (QED) is 0.454. The molecule has 0 radical (unpaired) electrons. The summed E-state index contributed by atoms with van der Waals surface area (Å²) in [5.41, 5.74) is 0. The van der Waals surface area contributed by atoms with Crippen molar-refractivity contribution in [3.8, 4) is 0 Å². The van der Waals surface area contributed by atoms with Crippen LogP contribution in [-0.2, 0) is 0 Å². The minimum absolute atomic E-state index is 0.794. The highest BCUT2D eigenvalue weighted by atomic mass is 35.5. The molecule has 0 bridgehead atoms. The van der Waals surface area contributed by atoms with E-state index in [1.165, 1.54) is 45.1 Å². The molecule has 0 N–H and O–H groups in total. The van der Waals surface area contributed by atoms with Gasteiger partial charge in [0.05, 0.1) is 0 Å². The van der Waals surface area contributed by atoms with E-state index in [1.807, 2.05) is 0 Å². The van der Waals surface area contributed by atoms with Gasteiger partial charge in [-0.2, -0.15) is 0 Å². The summed E-state index contributed by atoms with van der Waals surface area (Å²) in [6, 6.07) is 0.871. The van der Waals surface area contributed by atoms with Gasteiger partial charge in [-0.25, -0.2) is 0 Å². The van der Waals surface area contributed by atoms with Gasteiger partial charge in [0.15, 0.2) is 0 Å². The SMILES string of the molecule is CCCCCN(CCCl)C1CCC1.